The number of aromatic nitrogens is 2. The molecule has 0 saturated carbocycles. The topological polar surface area (TPSA) is 98.4 Å². The Balaban J connectivity index is 1.42. The Bertz CT molecular complexity index is 1310. The SMILES string of the molecule is Cc1cc(Cl)ccc1OCc1cccc(C(=O)Nc2cnn(C)c2C(=O)NCc2ccco2)c1. The molecule has 34 heavy (non-hydrogen) atoms. The van der Waals surface area contributed by atoms with Gasteiger partial charge in [-0.3, -0.25) is 14.3 Å². The summed E-state index contributed by atoms with van der Waals surface area (Å²) in [5.41, 5.74) is 2.72. The number of nitrogens with one attached hydrogen (secondary N) is 2. The average molecular weight is 479 g/mol. The Morgan fingerprint density at radius 1 is 1.12 bits per heavy atom. The summed E-state index contributed by atoms with van der Waals surface area (Å²) in [7, 11) is 1.63. The summed E-state index contributed by atoms with van der Waals surface area (Å²) in [6, 6.07) is 16.0. The molecule has 0 fully saturated rings. The molecule has 0 unspecified atom stereocenters. The van der Waals surface area contributed by atoms with Crippen molar-refractivity contribution in [2.45, 2.75) is 20.1 Å². The third-order valence-electron chi connectivity index (χ3n) is 5.13. The van der Waals surface area contributed by atoms with Crippen LogP contribution in [-0.4, -0.2) is 21.6 Å². The van der Waals surface area contributed by atoms with Crippen LogP contribution in [0.15, 0.2) is 71.5 Å². The van der Waals surface area contributed by atoms with E-state index in [9.17, 15) is 9.59 Å². The Morgan fingerprint density at radius 3 is 2.74 bits per heavy atom. The smallest absolute Gasteiger partial charge is 0.272 e. The molecule has 8 nitrogen and oxygen atoms in total. The predicted molar refractivity (Wildman–Crippen MR) is 128 cm³/mol. The van der Waals surface area contributed by atoms with Crippen molar-refractivity contribution < 1.29 is 18.7 Å². The lowest BCUT2D eigenvalue weighted by molar-refractivity contribution is 0.0939. The zero-order valence-electron chi connectivity index (χ0n) is 18.7. The third kappa shape index (κ3) is 5.47. The fourth-order valence-electron chi connectivity index (χ4n) is 3.40. The van der Waals surface area contributed by atoms with Crippen LogP contribution < -0.4 is 15.4 Å². The van der Waals surface area contributed by atoms with Crippen LogP contribution in [0.3, 0.4) is 0 Å². The highest BCUT2D eigenvalue weighted by Gasteiger charge is 2.19. The minimum absolute atomic E-state index is 0.222. The number of hydrogen-bond donors (Lipinski definition) is 2. The lowest BCUT2D eigenvalue weighted by Crippen LogP contribution is -2.26. The van der Waals surface area contributed by atoms with Gasteiger partial charge in [-0.2, -0.15) is 5.10 Å². The Labute approximate surface area is 201 Å². The molecule has 0 bridgehead atoms. The molecular formula is C25H23ClN4O4. The number of halogens is 1. The van der Waals surface area contributed by atoms with Gasteiger partial charge in [-0.1, -0.05) is 23.7 Å². The van der Waals surface area contributed by atoms with E-state index in [1.165, 1.54) is 17.1 Å². The first-order valence-corrected chi connectivity index (χ1v) is 10.9. The zero-order chi connectivity index (χ0) is 24.1. The number of carbonyl (C=O) groups excluding carboxylic acids is 2. The fourth-order valence-corrected chi connectivity index (χ4v) is 3.62. The van der Waals surface area contributed by atoms with E-state index in [1.807, 2.05) is 25.1 Å². The molecule has 9 heteroatoms. The molecular weight excluding hydrogens is 456 g/mol. The second kappa shape index (κ2) is 10.3. The first kappa shape index (κ1) is 23.1. The third-order valence-corrected chi connectivity index (χ3v) is 5.36. The van der Waals surface area contributed by atoms with Crippen molar-refractivity contribution in [1.29, 1.82) is 0 Å². The van der Waals surface area contributed by atoms with Crippen molar-refractivity contribution >= 4 is 29.1 Å². The molecule has 0 radical (unpaired) electrons. The number of nitrogens with zero attached hydrogens (tertiary/aromatic N) is 2. The van der Waals surface area contributed by atoms with Gasteiger partial charge in [0.15, 0.2) is 0 Å². The van der Waals surface area contributed by atoms with Crippen molar-refractivity contribution in [3.05, 3.63) is 100 Å². The summed E-state index contributed by atoms with van der Waals surface area (Å²) < 4.78 is 12.5. The first-order chi connectivity index (χ1) is 16.4. The standard InChI is InChI=1S/C25H23ClN4O4/c1-16-11-19(26)8-9-22(16)34-15-17-5-3-6-18(12-17)24(31)29-21-14-28-30(2)23(21)25(32)27-13-20-7-4-10-33-20/h3-12,14H,13,15H2,1-2H3,(H,27,32)(H,29,31). The molecule has 2 aromatic carbocycles. The van der Waals surface area contributed by atoms with Crippen LogP contribution in [0.4, 0.5) is 5.69 Å². The van der Waals surface area contributed by atoms with Gasteiger partial charge in [0.05, 0.1) is 24.7 Å². The largest absolute Gasteiger partial charge is 0.489 e. The van der Waals surface area contributed by atoms with E-state index in [-0.39, 0.29) is 30.7 Å². The number of amides is 2. The molecule has 4 aromatic rings. The molecule has 174 valence electrons. The van der Waals surface area contributed by atoms with Crippen molar-refractivity contribution in [2.75, 3.05) is 5.32 Å². The summed E-state index contributed by atoms with van der Waals surface area (Å²) in [5.74, 6) is 0.596. The number of benzene rings is 2. The van der Waals surface area contributed by atoms with Gasteiger partial charge in [-0.15, -0.1) is 0 Å². The fraction of sp³-hybridized carbons (Fsp3) is 0.160. The second-order valence-electron chi connectivity index (χ2n) is 7.65. The zero-order valence-corrected chi connectivity index (χ0v) is 19.4. The van der Waals surface area contributed by atoms with Crippen LogP contribution >= 0.6 is 11.6 Å². The molecule has 0 saturated heterocycles. The highest BCUT2D eigenvalue weighted by molar-refractivity contribution is 6.30. The first-order valence-electron chi connectivity index (χ1n) is 10.5. The van der Waals surface area contributed by atoms with Crippen LogP contribution in [-0.2, 0) is 20.2 Å². The molecule has 0 aliphatic heterocycles. The molecule has 2 N–H and O–H groups in total. The summed E-state index contributed by atoms with van der Waals surface area (Å²) in [4.78, 5) is 25.6. The molecule has 2 aromatic heterocycles. The maximum atomic E-state index is 12.9. The number of aryl methyl sites for hydroxylation is 2. The summed E-state index contributed by atoms with van der Waals surface area (Å²) in [6.45, 7) is 2.43. The molecule has 2 amide bonds. The second-order valence-corrected chi connectivity index (χ2v) is 8.08. The van der Waals surface area contributed by atoms with Crippen molar-refractivity contribution in [2.24, 2.45) is 7.05 Å². The Kier molecular flexibility index (Phi) is 6.98. The molecule has 0 aliphatic carbocycles. The van der Waals surface area contributed by atoms with Gasteiger partial charge in [0, 0.05) is 17.6 Å². The van der Waals surface area contributed by atoms with Gasteiger partial charge in [-0.05, 0) is 60.5 Å². The van der Waals surface area contributed by atoms with Gasteiger partial charge >= 0.3 is 0 Å². The number of hydrogen-bond acceptors (Lipinski definition) is 5. The van der Waals surface area contributed by atoms with E-state index < -0.39 is 0 Å². The van der Waals surface area contributed by atoms with Crippen LogP contribution in [0.1, 0.15) is 37.7 Å². The highest BCUT2D eigenvalue weighted by Crippen LogP contribution is 2.23. The van der Waals surface area contributed by atoms with Crippen molar-refractivity contribution in [3.8, 4) is 5.75 Å². The highest BCUT2D eigenvalue weighted by atomic mass is 35.5. The van der Waals surface area contributed by atoms with Crippen LogP contribution in [0.25, 0.3) is 0 Å². The summed E-state index contributed by atoms with van der Waals surface area (Å²) >= 11 is 5.99. The minimum atomic E-state index is -0.382. The number of carbonyl (C=O) groups is 2. The molecule has 0 spiro atoms. The molecule has 4 rings (SSSR count). The monoisotopic (exact) mass is 478 g/mol. The number of furan rings is 1. The van der Waals surface area contributed by atoms with Crippen molar-refractivity contribution in [1.82, 2.24) is 15.1 Å². The number of anilines is 1. The van der Waals surface area contributed by atoms with E-state index in [0.717, 1.165) is 16.9 Å². The summed E-state index contributed by atoms with van der Waals surface area (Å²) in [6.07, 6.45) is 2.98. The van der Waals surface area contributed by atoms with Gasteiger partial charge in [-0.25, -0.2) is 0 Å². The molecule has 0 atom stereocenters. The number of rotatable bonds is 8. The number of ether oxygens (including phenoxy) is 1. The quantitative estimate of drug-likeness (QED) is 0.381. The van der Waals surface area contributed by atoms with E-state index in [2.05, 4.69) is 15.7 Å². The maximum Gasteiger partial charge on any atom is 0.272 e. The predicted octanol–water partition coefficient (Wildman–Crippen LogP) is 4.74. The average Bonchev–Trinajstić information content (AvgIpc) is 3.47. The van der Waals surface area contributed by atoms with Crippen LogP contribution in [0.5, 0.6) is 5.75 Å². The van der Waals surface area contributed by atoms with Gasteiger partial charge < -0.3 is 19.8 Å². The van der Waals surface area contributed by atoms with Crippen molar-refractivity contribution in [3.63, 3.8) is 0 Å². The van der Waals surface area contributed by atoms with E-state index in [4.69, 9.17) is 20.8 Å². The van der Waals surface area contributed by atoms with Crippen LogP contribution in [0.2, 0.25) is 5.02 Å². The summed E-state index contributed by atoms with van der Waals surface area (Å²) in [5, 5.41) is 10.3. The Hall–Kier alpha value is -4.04. The minimum Gasteiger partial charge on any atom is -0.489 e. The Morgan fingerprint density at radius 2 is 1.97 bits per heavy atom. The lowest BCUT2D eigenvalue weighted by Gasteiger charge is -2.11. The van der Waals surface area contributed by atoms with E-state index in [0.29, 0.717) is 22.0 Å². The van der Waals surface area contributed by atoms with E-state index in [1.54, 1.807) is 43.4 Å². The van der Waals surface area contributed by atoms with Gasteiger partial charge in [0.1, 0.15) is 23.8 Å². The van der Waals surface area contributed by atoms with Gasteiger partial charge in [0.25, 0.3) is 11.8 Å². The van der Waals surface area contributed by atoms with Crippen LogP contribution in [0, 0.1) is 6.92 Å². The molecule has 0 aliphatic rings. The maximum absolute atomic E-state index is 12.9. The van der Waals surface area contributed by atoms with Gasteiger partial charge in [0.2, 0.25) is 0 Å². The molecule has 2 heterocycles. The lowest BCUT2D eigenvalue weighted by atomic mass is 10.1. The van der Waals surface area contributed by atoms with E-state index >= 15 is 0 Å². The normalized spacial score (nSPS) is 10.7.